The Morgan fingerprint density at radius 1 is 0.940 bits per heavy atom. The van der Waals surface area contributed by atoms with Gasteiger partial charge in [0.15, 0.2) is 0 Å². The average molecular weight is 1370 g/mol. The SMILES string of the molecule is C1CC1.CC([CH2][Pb])NC(=O)CCNC(=O)CN1C(=O)C=CC1=O.CCC(C=O)c1cc2n(c(=O)c1COC)Cc1c-2nc2cc(F)c(C)c3c2c1C(NC(=O)COCNC(=O)CNC=O)CC3.CNCCC(C)(C)OCC(C)(C)OC.NC=O. The fraction of sp³-hybridized carbons (Fsp3) is 0.569. The molecule has 4 heterocycles. The molecule has 461 valence electrons. The van der Waals surface area contributed by atoms with Gasteiger partial charge in [-0.15, -0.1) is 0 Å². The predicted molar refractivity (Wildman–Crippen MR) is 313 cm³/mol. The Balaban J connectivity index is 0.000000378. The number of benzene rings is 1. The van der Waals surface area contributed by atoms with Crippen molar-refractivity contribution in [2.45, 2.75) is 146 Å². The van der Waals surface area contributed by atoms with Crippen LogP contribution in [0.4, 0.5) is 4.39 Å². The number of carbonyl (C=O) groups excluding carboxylic acids is 9. The van der Waals surface area contributed by atoms with E-state index >= 15 is 4.39 Å². The molecule has 2 aliphatic carbocycles. The molecule has 24 nitrogen and oxygen atoms in total. The molecule has 7 rings (SSSR count). The minimum absolute atomic E-state index is 0.0404. The molecule has 8 amide bonds. The number of hydrogen-bond acceptors (Lipinski definition) is 16. The molecule has 84 heavy (non-hydrogen) atoms. The van der Waals surface area contributed by atoms with E-state index in [1.165, 1.54) is 32.4 Å². The fourth-order valence-electron chi connectivity index (χ4n) is 8.65. The first kappa shape index (κ1) is 71.9. The predicted octanol–water partition coefficient (Wildman–Crippen LogP) is 2.25. The third-order valence-corrected chi connectivity index (χ3v) is 16.0. The van der Waals surface area contributed by atoms with Gasteiger partial charge in [-0.05, 0) is 102 Å². The number of amides is 8. The second kappa shape index (κ2) is 35.8. The average Bonchev–Trinajstić information content (AvgIpc) is 1.52. The Morgan fingerprint density at radius 3 is 2.18 bits per heavy atom. The van der Waals surface area contributed by atoms with Crippen LogP contribution in [0.25, 0.3) is 22.3 Å². The van der Waals surface area contributed by atoms with Crippen molar-refractivity contribution in [2.75, 3.05) is 67.4 Å². The summed E-state index contributed by atoms with van der Waals surface area (Å²) in [7, 11) is 5.16. The maximum absolute atomic E-state index is 15.1. The summed E-state index contributed by atoms with van der Waals surface area (Å²) in [6.45, 7) is 14.7. The Bertz CT molecular complexity index is 2860. The second-order valence-electron chi connectivity index (χ2n) is 21.3. The molecule has 3 aromatic rings. The number of nitrogens with zero attached hydrogens (tertiary/aromatic N) is 3. The van der Waals surface area contributed by atoms with Gasteiger partial charge in [0, 0.05) is 42.7 Å². The summed E-state index contributed by atoms with van der Waals surface area (Å²) in [6, 6.07) is 2.88. The zero-order chi connectivity index (χ0) is 62.7. The number of halogens is 1. The van der Waals surface area contributed by atoms with Gasteiger partial charge in [-0.1, -0.05) is 26.2 Å². The van der Waals surface area contributed by atoms with Crippen LogP contribution < -0.4 is 43.2 Å². The first-order valence-electron chi connectivity index (χ1n) is 27.8. The van der Waals surface area contributed by atoms with Crippen LogP contribution in [0, 0.1) is 12.7 Å². The Kier molecular flexibility index (Phi) is 30.6. The van der Waals surface area contributed by atoms with Crippen molar-refractivity contribution in [3.05, 3.63) is 73.8 Å². The first-order chi connectivity index (χ1) is 39.9. The molecule has 26 heteroatoms. The van der Waals surface area contributed by atoms with E-state index in [2.05, 4.69) is 51.5 Å². The summed E-state index contributed by atoms with van der Waals surface area (Å²) in [5.74, 6) is -3.36. The number of hydrogen-bond donors (Lipinski definition) is 7. The number of aryl methyl sites for hydroxylation is 1. The van der Waals surface area contributed by atoms with E-state index in [1.54, 1.807) is 18.6 Å². The van der Waals surface area contributed by atoms with E-state index in [0.717, 1.165) is 88.1 Å². The number of ether oxygens (including phenoxy) is 4. The summed E-state index contributed by atoms with van der Waals surface area (Å²) in [6.07, 6.45) is 10.9. The number of fused-ring (bicyclic) bond motifs is 4. The van der Waals surface area contributed by atoms with Crippen molar-refractivity contribution in [3.8, 4) is 11.4 Å². The van der Waals surface area contributed by atoms with Crippen molar-refractivity contribution < 1.29 is 66.5 Å². The van der Waals surface area contributed by atoms with Crippen LogP contribution >= 0.6 is 0 Å². The zero-order valence-electron chi connectivity index (χ0n) is 50.0. The summed E-state index contributed by atoms with van der Waals surface area (Å²) in [4.78, 5) is 120. The van der Waals surface area contributed by atoms with Crippen molar-refractivity contribution in [3.63, 3.8) is 0 Å². The smallest absolute Gasteiger partial charge is 0.380 e. The van der Waals surface area contributed by atoms with Crippen LogP contribution in [-0.2, 0) is 81.7 Å². The van der Waals surface area contributed by atoms with Crippen LogP contribution in [0.15, 0.2) is 29.1 Å². The minimum Gasteiger partial charge on any atom is -0.380 e. The van der Waals surface area contributed by atoms with E-state index in [4.69, 9.17) is 28.7 Å². The molecule has 8 N–H and O–H groups in total. The number of carbonyl (C=O) groups is 9. The van der Waals surface area contributed by atoms with E-state index in [9.17, 15) is 43.2 Å². The van der Waals surface area contributed by atoms with Gasteiger partial charge < -0.3 is 55.3 Å². The maximum atomic E-state index is 15.1. The van der Waals surface area contributed by atoms with Crippen molar-refractivity contribution in [1.29, 1.82) is 0 Å². The monoisotopic (exact) mass is 1370 g/mol. The number of methoxy groups -OCH3 is 2. The van der Waals surface area contributed by atoms with Gasteiger partial charge in [0.25, 0.3) is 5.56 Å². The summed E-state index contributed by atoms with van der Waals surface area (Å²) >= 11 is 1.02. The summed E-state index contributed by atoms with van der Waals surface area (Å²) < 4.78 is 39.4. The number of nitrogens with one attached hydrogen (secondary N) is 6. The van der Waals surface area contributed by atoms with E-state index < -0.39 is 41.5 Å². The fourth-order valence-corrected chi connectivity index (χ4v) is 9.05. The zero-order valence-corrected chi connectivity index (χ0v) is 53.9. The van der Waals surface area contributed by atoms with E-state index in [1.807, 2.05) is 40.8 Å². The van der Waals surface area contributed by atoms with E-state index in [-0.39, 0.29) is 93.5 Å². The normalized spacial score (nSPS) is 14.9. The molecular weight excluding hydrogens is 1290 g/mol. The van der Waals surface area contributed by atoms with Crippen LogP contribution in [0.1, 0.15) is 132 Å². The Morgan fingerprint density at radius 2 is 1.61 bits per heavy atom. The van der Waals surface area contributed by atoms with Gasteiger partial charge in [0.2, 0.25) is 24.6 Å². The molecule has 3 atom stereocenters. The molecule has 1 saturated carbocycles. The molecule has 1 aromatic carbocycles. The van der Waals surface area contributed by atoms with Gasteiger partial charge in [-0.2, -0.15) is 0 Å². The van der Waals surface area contributed by atoms with Crippen molar-refractivity contribution >= 4 is 91.2 Å². The van der Waals surface area contributed by atoms with Gasteiger partial charge in [0.05, 0.1) is 60.5 Å². The number of imide groups is 1. The van der Waals surface area contributed by atoms with Crippen molar-refractivity contribution in [1.82, 2.24) is 46.4 Å². The Labute approximate surface area is 506 Å². The van der Waals surface area contributed by atoms with Gasteiger partial charge in [-0.25, -0.2) is 9.37 Å². The quantitative estimate of drug-likeness (QED) is 0.0148. The number of primary amides is 1. The first-order valence-corrected chi connectivity index (χ1v) is 30.6. The van der Waals surface area contributed by atoms with Gasteiger partial charge in [-0.3, -0.25) is 24.0 Å². The number of nitrogens with two attached hydrogens (primary N) is 1. The summed E-state index contributed by atoms with van der Waals surface area (Å²) in [5.41, 5.74) is 8.90. The van der Waals surface area contributed by atoms with Crippen molar-refractivity contribution in [2.24, 2.45) is 5.73 Å². The summed E-state index contributed by atoms with van der Waals surface area (Å²) in [5, 5.41) is 16.9. The third-order valence-electron chi connectivity index (χ3n) is 13.6. The molecule has 3 unspecified atom stereocenters. The number of aldehydes is 1. The topological polar surface area (TPSA) is 327 Å². The molecule has 0 saturated heterocycles. The van der Waals surface area contributed by atoms with E-state index in [0.29, 0.717) is 65.9 Å². The molecule has 4 aliphatic rings. The van der Waals surface area contributed by atoms with Crippen LogP contribution in [-0.4, -0.2) is 179 Å². The molecule has 1 fully saturated rings. The van der Waals surface area contributed by atoms with Gasteiger partial charge >= 0.3 is 133 Å². The second-order valence-corrected chi connectivity index (χ2v) is 22.9. The number of pyridine rings is 2. The Hall–Kier alpha value is -6.40. The van der Waals surface area contributed by atoms with Crippen LogP contribution in [0.5, 0.6) is 0 Å². The number of rotatable bonds is 27. The molecular formula is C58H84FN10O14Pb. The van der Waals surface area contributed by atoms with Crippen LogP contribution in [0.2, 0.25) is 3.98 Å². The molecule has 2 aliphatic heterocycles. The molecule has 3 radical (unpaired) electrons. The molecule has 2 aromatic heterocycles. The number of aromatic nitrogens is 2. The minimum atomic E-state index is -0.508. The standard InChI is InChI=1S/C31H34FN5O7.C12H16N3O4.C11H25NO2.C3H6.CH3NO.Pb/c1-4-17(11-38)19-7-25-30-20(10-37(25)31(42)21(19)12-43-3)29-23(35-27(41)13-44-15-34-26(40)9-33-14-39)6-5-18-16(2)22(32)8-24(36-30)28(18)29;1-8(2)14-9(16)5-6-13-10(17)7-15-11(18)3-4-12(15)19;1-10(2,7-8-12-5)14-9-11(3,4)13-6;1-2-3-1;2-1-3;/h7-8,11,14,17,23H,4-6,9-10,12-13,15H2,1-3H3,(H,33,39)(H,34,40)(H,35,41);3-4,8H,1,5-7H2,2H3,(H,13,17)(H,14,16);12H,7-9H2,1-6H3;1-3H2;1H,(H2,2,3);. The van der Waals surface area contributed by atoms with Gasteiger partial charge in [0.1, 0.15) is 25.4 Å². The molecule has 0 bridgehead atoms. The third kappa shape index (κ3) is 22.2. The molecule has 0 spiro atoms. The van der Waals surface area contributed by atoms with Crippen LogP contribution in [0.3, 0.4) is 0 Å².